The van der Waals surface area contributed by atoms with Crippen molar-refractivity contribution in [3.8, 4) is 5.75 Å². The number of aliphatic hydroxyl groups excluding tert-OH is 3. The summed E-state index contributed by atoms with van der Waals surface area (Å²) in [6.45, 7) is 8.25. The number of phenols is 1. The normalized spacial score (nSPS) is 30.7. The predicted molar refractivity (Wildman–Crippen MR) is 302 cm³/mol. The van der Waals surface area contributed by atoms with Gasteiger partial charge < -0.3 is 76.7 Å². The lowest BCUT2D eigenvalue weighted by Gasteiger charge is -2.34. The first-order chi connectivity index (χ1) is 39.9. The molecular weight excluding hydrogens is 1090 g/mol. The zero-order chi connectivity index (χ0) is 61.3. The van der Waals surface area contributed by atoms with Crippen LogP contribution in [0.15, 0.2) is 54.6 Å². The van der Waals surface area contributed by atoms with E-state index < -0.39 is 157 Å². The Bertz CT molecular complexity index is 2720. The van der Waals surface area contributed by atoms with Crippen molar-refractivity contribution in [1.29, 1.82) is 0 Å². The maximum atomic E-state index is 15.1. The maximum Gasteiger partial charge on any atom is 0.328 e. The highest BCUT2D eigenvalue weighted by atomic mass is 16.5. The molecule has 5 heterocycles. The third-order valence-corrected chi connectivity index (χ3v) is 16.7. The van der Waals surface area contributed by atoms with Gasteiger partial charge in [0.2, 0.25) is 53.2 Å². The van der Waals surface area contributed by atoms with Gasteiger partial charge in [-0.25, -0.2) is 4.79 Å². The van der Waals surface area contributed by atoms with Crippen molar-refractivity contribution in [2.45, 2.75) is 166 Å². The van der Waals surface area contributed by atoms with Crippen molar-refractivity contribution in [1.82, 2.24) is 51.5 Å². The molecule has 2 aromatic rings. The number of hydrogen-bond acceptors (Lipinski definition) is 16. The summed E-state index contributed by atoms with van der Waals surface area (Å²) in [5.41, 5.74) is 1.25. The third kappa shape index (κ3) is 15.6. The molecule has 0 bridgehead atoms. The number of phenolic OH excluding ortho intramolecular Hbond substituents is 1. The maximum absolute atomic E-state index is 15.1. The molecular formula is C59H84N10O15. The van der Waals surface area contributed by atoms with Gasteiger partial charge in [0.1, 0.15) is 66.7 Å². The third-order valence-electron chi connectivity index (χ3n) is 16.7. The molecule has 15 atom stereocenters. The smallest absolute Gasteiger partial charge is 0.328 e. The van der Waals surface area contributed by atoms with Crippen molar-refractivity contribution in [2.24, 2.45) is 23.7 Å². The molecule has 0 spiro atoms. The van der Waals surface area contributed by atoms with Gasteiger partial charge in [-0.3, -0.25) is 43.2 Å². The Hall–Kier alpha value is -7.22. The molecule has 5 fully saturated rings. The van der Waals surface area contributed by atoms with E-state index in [1.165, 1.54) is 34.1 Å². The van der Waals surface area contributed by atoms with Crippen LogP contribution in [0.25, 0.3) is 0 Å². The monoisotopic (exact) mass is 1170 g/mol. The van der Waals surface area contributed by atoms with Crippen LogP contribution in [0.1, 0.15) is 91.2 Å². The van der Waals surface area contributed by atoms with Gasteiger partial charge in [-0.15, -0.1) is 0 Å². The molecule has 460 valence electrons. The van der Waals surface area contributed by atoms with Gasteiger partial charge in [-0.1, -0.05) is 90.4 Å². The molecule has 9 amide bonds. The number of fused-ring (bicyclic) bond motifs is 4. The number of amides is 9. The van der Waals surface area contributed by atoms with E-state index >= 15 is 4.79 Å². The standard InChI is InChI=1S/C59H84N10O15/c1-8-34(6)49-54(78)62-42(22-36-14-16-37(71)17-15-36)51(75)63-43(29-70)55(79)68-27-38(72)23-46(68)58(82)69-28-39(73)24-47(69)57(81)67-26-33(5)20-48(67)59(83)84-30-44(64-50(74)40(60-7)21-35-12-10-9-11-13-35)56(80)66-25-32(4)19-45(66)53(77)61-41(18-31(2)3)52(76)65-49/h9-17,31-34,38-49,60,70-73H,8,18-30H2,1-7H3,(H,61,77)(H,62,78)(H,63,75)(H,64,74)(H,65,76)/t32-,33-,34-,38+,39+,40-,41+,42-,43?,44?,45-,46-,47-,48-,49-/m0/s1. The van der Waals surface area contributed by atoms with Gasteiger partial charge in [0.05, 0.1) is 24.9 Å². The molecule has 0 aromatic heterocycles. The highest BCUT2D eigenvalue weighted by molar-refractivity contribution is 5.99. The Morgan fingerprint density at radius 3 is 1.74 bits per heavy atom. The topological polar surface area (TPSA) is 346 Å². The number of rotatable bonds is 12. The quantitative estimate of drug-likeness (QED) is 0.105. The summed E-state index contributed by atoms with van der Waals surface area (Å²) in [6, 6.07) is 1.24. The SMILES string of the molecule is CC[C@H](C)[C@@H]1NC(=O)[C@@H](CC(C)C)NC(=O)[C@@H]2C[C@H](C)CN2C(=O)C(NC(=O)[C@H](Cc2ccccc2)NC)COC(=O)[C@@H]2C[C@H](C)CN2C(=O)[C@@H]2C[C@@H](O)CN2C(=O)[C@@H]2C[C@@H](O)CN2C(=O)C(CO)NC(=O)[C@H](Cc2ccc(O)cc2)NC1=O. The van der Waals surface area contributed by atoms with Crippen LogP contribution in [-0.4, -0.2) is 218 Å². The molecule has 25 heteroatoms. The van der Waals surface area contributed by atoms with E-state index in [0.717, 1.165) is 15.4 Å². The van der Waals surface area contributed by atoms with Crippen molar-refractivity contribution in [3.63, 3.8) is 0 Å². The molecule has 2 unspecified atom stereocenters. The van der Waals surface area contributed by atoms with Crippen LogP contribution in [0.2, 0.25) is 0 Å². The van der Waals surface area contributed by atoms with E-state index in [2.05, 4.69) is 31.9 Å². The highest BCUT2D eigenvalue weighted by Crippen LogP contribution is 2.32. The van der Waals surface area contributed by atoms with Crippen LogP contribution < -0.4 is 31.9 Å². The lowest BCUT2D eigenvalue weighted by atomic mass is 9.95. The minimum Gasteiger partial charge on any atom is -0.508 e. The molecule has 25 nitrogen and oxygen atoms in total. The van der Waals surface area contributed by atoms with E-state index in [-0.39, 0.29) is 88.1 Å². The van der Waals surface area contributed by atoms with Gasteiger partial charge in [0, 0.05) is 45.4 Å². The fourth-order valence-corrected chi connectivity index (χ4v) is 12.0. The first-order valence-electron chi connectivity index (χ1n) is 29.3. The Morgan fingerprint density at radius 2 is 1.17 bits per heavy atom. The minimum absolute atomic E-state index is 0.0189. The molecule has 0 radical (unpaired) electrons. The van der Waals surface area contributed by atoms with Crippen molar-refractivity contribution in [3.05, 3.63) is 65.7 Å². The van der Waals surface area contributed by atoms with Crippen LogP contribution in [-0.2, 0) is 65.5 Å². The number of carbonyl (C=O) groups is 10. The Balaban J connectivity index is 1.27. The van der Waals surface area contributed by atoms with Gasteiger partial charge in [-0.2, -0.15) is 0 Å². The number of likely N-dealkylation sites (N-methyl/N-ethyl adjacent to an activating group) is 1. The molecule has 0 saturated carbocycles. The van der Waals surface area contributed by atoms with Gasteiger partial charge in [0.25, 0.3) is 0 Å². The largest absolute Gasteiger partial charge is 0.508 e. The Kier molecular flexibility index (Phi) is 21.9. The van der Waals surface area contributed by atoms with Crippen LogP contribution in [0.3, 0.4) is 0 Å². The second-order valence-corrected chi connectivity index (χ2v) is 23.9. The summed E-state index contributed by atoms with van der Waals surface area (Å²) in [5.74, 6) is -9.60. The van der Waals surface area contributed by atoms with Crippen molar-refractivity contribution in [2.75, 3.05) is 46.4 Å². The second kappa shape index (κ2) is 28.6. The number of cyclic esters (lactones) is 1. The lowest BCUT2D eigenvalue weighted by molar-refractivity contribution is -0.158. The number of aliphatic hydroxyl groups is 3. The van der Waals surface area contributed by atoms with Crippen LogP contribution >= 0.6 is 0 Å². The first-order valence-corrected chi connectivity index (χ1v) is 29.3. The number of nitrogens with zero attached hydrogens (tertiary/aromatic N) is 4. The van der Waals surface area contributed by atoms with Crippen LogP contribution in [0.5, 0.6) is 5.75 Å². The van der Waals surface area contributed by atoms with Crippen molar-refractivity contribution < 1.29 is 73.1 Å². The van der Waals surface area contributed by atoms with E-state index in [1.807, 2.05) is 51.1 Å². The fraction of sp³-hybridized carbons (Fsp3) is 0.627. The van der Waals surface area contributed by atoms with E-state index in [0.29, 0.717) is 12.0 Å². The number of ether oxygens (including phenoxy) is 1. The average molecular weight is 1170 g/mol. The van der Waals surface area contributed by atoms with Crippen molar-refractivity contribution >= 4 is 59.1 Å². The van der Waals surface area contributed by atoms with E-state index in [1.54, 1.807) is 27.8 Å². The molecule has 84 heavy (non-hydrogen) atoms. The van der Waals surface area contributed by atoms with Gasteiger partial charge in [-0.05, 0) is 79.7 Å². The second-order valence-electron chi connectivity index (χ2n) is 23.9. The number of nitrogens with one attached hydrogen (secondary N) is 6. The lowest BCUT2D eigenvalue weighted by Crippen LogP contribution is -2.62. The zero-order valence-electron chi connectivity index (χ0n) is 48.9. The number of aromatic hydroxyl groups is 1. The minimum atomic E-state index is -1.75. The zero-order valence-corrected chi connectivity index (χ0v) is 48.9. The van der Waals surface area contributed by atoms with E-state index in [4.69, 9.17) is 4.74 Å². The number of carbonyl (C=O) groups excluding carboxylic acids is 10. The number of hydrogen-bond donors (Lipinski definition) is 10. The van der Waals surface area contributed by atoms with Crippen LogP contribution in [0, 0.1) is 23.7 Å². The van der Waals surface area contributed by atoms with E-state index in [9.17, 15) is 63.6 Å². The highest BCUT2D eigenvalue weighted by Gasteiger charge is 2.51. The molecule has 10 N–H and O–H groups in total. The summed E-state index contributed by atoms with van der Waals surface area (Å²) in [4.78, 5) is 151. The number of benzene rings is 2. The van der Waals surface area contributed by atoms with Gasteiger partial charge in [0.15, 0.2) is 0 Å². The molecule has 2 aromatic carbocycles. The fourth-order valence-electron chi connectivity index (χ4n) is 12.0. The molecule has 7 rings (SSSR count). The number of esters is 1. The summed E-state index contributed by atoms with van der Waals surface area (Å²) >= 11 is 0. The predicted octanol–water partition coefficient (Wildman–Crippen LogP) is -1.77. The Morgan fingerprint density at radius 1 is 0.631 bits per heavy atom. The first kappa shape index (κ1) is 64.3. The molecule has 5 aliphatic rings. The molecule has 5 aliphatic heterocycles. The summed E-state index contributed by atoms with van der Waals surface area (Å²) < 4.78 is 5.91. The summed E-state index contributed by atoms with van der Waals surface area (Å²) in [6.07, 6.45) is -2.47. The summed E-state index contributed by atoms with van der Waals surface area (Å²) in [5, 5.41) is 59.5. The van der Waals surface area contributed by atoms with Gasteiger partial charge >= 0.3 is 5.97 Å². The molecule has 0 aliphatic carbocycles. The molecule has 5 saturated heterocycles. The Labute approximate surface area is 489 Å². The average Bonchev–Trinajstić information content (AvgIpc) is 4.44. The summed E-state index contributed by atoms with van der Waals surface area (Å²) in [7, 11) is 1.57. The van der Waals surface area contributed by atoms with Crippen LogP contribution in [0.4, 0.5) is 0 Å².